The SMILES string of the molecule is CCn1c(CCCc2ccccc2)n[nH]c1=S. The number of aryl methyl sites for hydroxylation is 2. The van der Waals surface area contributed by atoms with Crippen molar-refractivity contribution < 1.29 is 0 Å². The highest BCUT2D eigenvalue weighted by Crippen LogP contribution is 2.07. The monoisotopic (exact) mass is 247 g/mol. The number of nitrogens with one attached hydrogen (secondary N) is 1. The third-order valence-electron chi connectivity index (χ3n) is 2.86. The van der Waals surface area contributed by atoms with Crippen LogP contribution in [0.25, 0.3) is 0 Å². The summed E-state index contributed by atoms with van der Waals surface area (Å²) in [6.07, 6.45) is 3.16. The number of hydrogen-bond acceptors (Lipinski definition) is 2. The molecule has 0 saturated heterocycles. The normalized spacial score (nSPS) is 10.6. The number of H-pyrrole nitrogens is 1. The van der Waals surface area contributed by atoms with Gasteiger partial charge >= 0.3 is 0 Å². The van der Waals surface area contributed by atoms with Crippen molar-refractivity contribution in [2.24, 2.45) is 0 Å². The van der Waals surface area contributed by atoms with E-state index in [1.54, 1.807) is 0 Å². The molecule has 0 fully saturated rings. The molecule has 4 heteroatoms. The van der Waals surface area contributed by atoms with Crippen molar-refractivity contribution in [2.45, 2.75) is 32.7 Å². The van der Waals surface area contributed by atoms with Crippen LogP contribution in [0.3, 0.4) is 0 Å². The Labute approximate surface area is 106 Å². The molecule has 0 aliphatic heterocycles. The number of nitrogens with zero attached hydrogens (tertiary/aromatic N) is 2. The highest BCUT2D eigenvalue weighted by Gasteiger charge is 2.03. The second-order valence-electron chi connectivity index (χ2n) is 4.03. The van der Waals surface area contributed by atoms with Crippen LogP contribution in [0.4, 0.5) is 0 Å². The summed E-state index contributed by atoms with van der Waals surface area (Å²) in [5.41, 5.74) is 1.38. The van der Waals surface area contributed by atoms with Crippen molar-refractivity contribution in [3.05, 3.63) is 46.5 Å². The lowest BCUT2D eigenvalue weighted by atomic mass is 10.1. The predicted octanol–water partition coefficient (Wildman–Crippen LogP) is 3.14. The number of aromatic amines is 1. The summed E-state index contributed by atoms with van der Waals surface area (Å²) in [7, 11) is 0. The van der Waals surface area contributed by atoms with Crippen LogP contribution in [0.2, 0.25) is 0 Å². The van der Waals surface area contributed by atoms with Crippen molar-refractivity contribution in [1.29, 1.82) is 0 Å². The van der Waals surface area contributed by atoms with E-state index in [0.717, 1.165) is 36.4 Å². The van der Waals surface area contributed by atoms with Crippen LogP contribution in [0, 0.1) is 4.77 Å². The lowest BCUT2D eigenvalue weighted by Crippen LogP contribution is -2.02. The van der Waals surface area contributed by atoms with Crippen LogP contribution in [0.5, 0.6) is 0 Å². The average Bonchev–Trinajstić information content (AvgIpc) is 2.71. The predicted molar refractivity (Wildman–Crippen MR) is 71.6 cm³/mol. The number of rotatable bonds is 5. The van der Waals surface area contributed by atoms with Gasteiger partial charge in [0.05, 0.1) is 0 Å². The molecule has 2 aromatic rings. The highest BCUT2D eigenvalue weighted by molar-refractivity contribution is 7.71. The molecule has 0 saturated carbocycles. The number of aromatic nitrogens is 3. The minimum atomic E-state index is 0.724. The zero-order valence-electron chi connectivity index (χ0n) is 10.0. The Balaban J connectivity index is 1.92. The van der Waals surface area contributed by atoms with Crippen LogP contribution < -0.4 is 0 Å². The van der Waals surface area contributed by atoms with E-state index in [2.05, 4.69) is 46.0 Å². The van der Waals surface area contributed by atoms with Crippen molar-refractivity contribution in [3.8, 4) is 0 Å². The van der Waals surface area contributed by atoms with E-state index in [0.29, 0.717) is 0 Å². The van der Waals surface area contributed by atoms with E-state index in [-0.39, 0.29) is 0 Å². The van der Waals surface area contributed by atoms with Gasteiger partial charge in [0.2, 0.25) is 0 Å². The molecule has 17 heavy (non-hydrogen) atoms. The Morgan fingerprint density at radius 2 is 2.00 bits per heavy atom. The van der Waals surface area contributed by atoms with Gasteiger partial charge in [0.25, 0.3) is 0 Å². The van der Waals surface area contributed by atoms with Crippen molar-refractivity contribution in [3.63, 3.8) is 0 Å². The molecule has 0 bridgehead atoms. The van der Waals surface area contributed by atoms with E-state index >= 15 is 0 Å². The van der Waals surface area contributed by atoms with Gasteiger partial charge in [0.1, 0.15) is 5.82 Å². The Kier molecular flexibility index (Phi) is 4.09. The van der Waals surface area contributed by atoms with Gasteiger partial charge in [-0.25, -0.2) is 0 Å². The van der Waals surface area contributed by atoms with Gasteiger partial charge in [-0.3, -0.25) is 5.10 Å². The fraction of sp³-hybridized carbons (Fsp3) is 0.385. The summed E-state index contributed by atoms with van der Waals surface area (Å²) < 4.78 is 2.78. The third-order valence-corrected chi connectivity index (χ3v) is 3.17. The molecule has 0 aliphatic rings. The molecule has 1 aromatic carbocycles. The summed E-state index contributed by atoms with van der Waals surface area (Å²) in [4.78, 5) is 0. The molecule has 1 aromatic heterocycles. The van der Waals surface area contributed by atoms with Crippen LogP contribution in [-0.4, -0.2) is 14.8 Å². The lowest BCUT2D eigenvalue weighted by molar-refractivity contribution is 0.663. The molecule has 0 radical (unpaired) electrons. The second-order valence-corrected chi connectivity index (χ2v) is 4.42. The zero-order valence-corrected chi connectivity index (χ0v) is 10.8. The van der Waals surface area contributed by atoms with Crippen LogP contribution >= 0.6 is 12.2 Å². The quantitative estimate of drug-likeness (QED) is 0.824. The van der Waals surface area contributed by atoms with Gasteiger partial charge in [0.15, 0.2) is 4.77 Å². The first-order valence-corrected chi connectivity index (χ1v) is 6.40. The molecule has 1 heterocycles. The summed E-state index contributed by atoms with van der Waals surface area (Å²) in [5.74, 6) is 1.06. The van der Waals surface area contributed by atoms with Crippen LogP contribution in [0.15, 0.2) is 30.3 Å². The molecule has 0 aliphatic carbocycles. The first-order valence-electron chi connectivity index (χ1n) is 5.99. The molecule has 0 amide bonds. The van der Waals surface area contributed by atoms with Crippen molar-refractivity contribution in [2.75, 3.05) is 0 Å². The largest absolute Gasteiger partial charge is 0.304 e. The van der Waals surface area contributed by atoms with E-state index in [4.69, 9.17) is 12.2 Å². The fourth-order valence-electron chi connectivity index (χ4n) is 1.96. The lowest BCUT2D eigenvalue weighted by Gasteiger charge is -2.03. The Morgan fingerprint density at radius 1 is 1.24 bits per heavy atom. The van der Waals surface area contributed by atoms with E-state index in [1.807, 2.05) is 6.07 Å². The fourth-order valence-corrected chi connectivity index (χ4v) is 2.24. The minimum absolute atomic E-state index is 0.724. The molecular formula is C13H17N3S. The van der Waals surface area contributed by atoms with Gasteiger partial charge in [-0.1, -0.05) is 30.3 Å². The maximum Gasteiger partial charge on any atom is 0.195 e. The van der Waals surface area contributed by atoms with E-state index in [1.165, 1.54) is 5.56 Å². The molecule has 0 unspecified atom stereocenters. The van der Waals surface area contributed by atoms with E-state index < -0.39 is 0 Å². The van der Waals surface area contributed by atoms with Gasteiger partial charge in [0, 0.05) is 13.0 Å². The van der Waals surface area contributed by atoms with Crippen molar-refractivity contribution in [1.82, 2.24) is 14.8 Å². The van der Waals surface area contributed by atoms with Gasteiger partial charge < -0.3 is 4.57 Å². The number of benzene rings is 1. The van der Waals surface area contributed by atoms with Crippen molar-refractivity contribution >= 4 is 12.2 Å². The summed E-state index contributed by atoms with van der Waals surface area (Å²) in [6.45, 7) is 2.97. The summed E-state index contributed by atoms with van der Waals surface area (Å²) in [5, 5.41) is 7.12. The Bertz CT molecular complexity index is 513. The van der Waals surface area contributed by atoms with E-state index in [9.17, 15) is 0 Å². The molecule has 2 rings (SSSR count). The first-order chi connectivity index (χ1) is 8.31. The summed E-state index contributed by atoms with van der Waals surface area (Å²) >= 11 is 5.16. The molecular weight excluding hydrogens is 230 g/mol. The molecule has 90 valence electrons. The van der Waals surface area contributed by atoms with Crippen LogP contribution in [0.1, 0.15) is 24.7 Å². The molecule has 0 spiro atoms. The zero-order chi connectivity index (χ0) is 12.1. The molecule has 0 atom stereocenters. The Morgan fingerprint density at radius 3 is 2.71 bits per heavy atom. The minimum Gasteiger partial charge on any atom is -0.304 e. The van der Waals surface area contributed by atoms with Gasteiger partial charge in [-0.2, -0.15) is 5.10 Å². The maximum absolute atomic E-state index is 5.16. The first kappa shape index (κ1) is 12.0. The van der Waals surface area contributed by atoms with Crippen LogP contribution in [-0.2, 0) is 19.4 Å². The molecule has 3 nitrogen and oxygen atoms in total. The Hall–Kier alpha value is -1.42. The third kappa shape index (κ3) is 3.03. The second kappa shape index (κ2) is 5.77. The van der Waals surface area contributed by atoms with Gasteiger partial charge in [-0.05, 0) is 37.5 Å². The molecule has 1 N–H and O–H groups in total. The smallest absolute Gasteiger partial charge is 0.195 e. The summed E-state index contributed by atoms with van der Waals surface area (Å²) in [6, 6.07) is 10.5. The highest BCUT2D eigenvalue weighted by atomic mass is 32.1. The standard InChI is InChI=1S/C13H17N3S/c1-2-16-12(14-15-13(16)17)10-6-9-11-7-4-3-5-8-11/h3-5,7-8H,2,6,9-10H2,1H3,(H,15,17). The average molecular weight is 247 g/mol. The number of hydrogen-bond donors (Lipinski definition) is 1. The maximum atomic E-state index is 5.16. The van der Waals surface area contributed by atoms with Gasteiger partial charge in [-0.15, -0.1) is 0 Å². The topological polar surface area (TPSA) is 33.6 Å².